The van der Waals surface area contributed by atoms with Crippen LogP contribution in [0.2, 0.25) is 15.1 Å². The van der Waals surface area contributed by atoms with Gasteiger partial charge in [0.05, 0.1) is 11.1 Å². The minimum atomic E-state index is -2.18. The van der Waals surface area contributed by atoms with E-state index in [1.54, 1.807) is 0 Å². The minimum Gasteiger partial charge on any atom is -0.478 e. The average Bonchev–Trinajstić information content (AvgIpc) is 2.83. The van der Waals surface area contributed by atoms with Crippen LogP contribution in [0.1, 0.15) is 20.7 Å². The number of hydrogen-bond donors (Lipinski definition) is 2. The number of ether oxygens (including phenoxy) is 2. The first-order valence-electron chi connectivity index (χ1n) is 9.86. The molecule has 0 spiro atoms. The number of carbonyl (C=O) groups is 4. The van der Waals surface area contributed by atoms with Crippen molar-refractivity contribution in [3.63, 3.8) is 0 Å². The summed E-state index contributed by atoms with van der Waals surface area (Å²) in [6, 6.07) is 16.8. The summed E-state index contributed by atoms with van der Waals surface area (Å²) in [5.74, 6) is -4.87. The molecule has 0 radical (unpaired) electrons. The van der Waals surface area contributed by atoms with E-state index in [2.05, 4.69) is 5.32 Å². The Morgan fingerprint density at radius 2 is 1.00 bits per heavy atom. The van der Waals surface area contributed by atoms with Crippen LogP contribution in [0.5, 0.6) is 0 Å². The molecule has 0 heterocycles. The highest BCUT2D eigenvalue weighted by Gasteiger charge is 2.41. The normalized spacial score (nSPS) is 12.2. The third kappa shape index (κ3) is 7.19. The standard InChI is InChI=1S/C24H16Cl3NO7/c25-15-5-1-13(2-6-15)23(32)34-19(21(29)28-18-11-9-17(27)10-12-18)20(22(30)31)35-24(33)14-3-7-16(26)8-4-14/h1-12,19-20H,(H,28,29)(H,30,31)/t19-,20-/m1/s1. The third-order valence-electron chi connectivity index (χ3n) is 4.52. The molecule has 3 rings (SSSR count). The number of rotatable bonds is 8. The van der Waals surface area contributed by atoms with Crippen molar-refractivity contribution in [2.75, 3.05) is 5.32 Å². The molecule has 0 aliphatic carbocycles. The van der Waals surface area contributed by atoms with E-state index in [-0.39, 0.29) is 16.8 Å². The number of anilines is 1. The van der Waals surface area contributed by atoms with E-state index in [0.717, 1.165) is 0 Å². The Kier molecular flexibility index (Phi) is 8.70. The smallest absolute Gasteiger partial charge is 0.349 e. The molecule has 0 aliphatic rings. The topological polar surface area (TPSA) is 119 Å². The van der Waals surface area contributed by atoms with E-state index < -0.39 is 36.0 Å². The van der Waals surface area contributed by atoms with Crippen molar-refractivity contribution in [3.8, 4) is 0 Å². The van der Waals surface area contributed by atoms with Gasteiger partial charge in [0, 0.05) is 20.8 Å². The monoisotopic (exact) mass is 535 g/mol. The van der Waals surface area contributed by atoms with Crippen molar-refractivity contribution in [2.45, 2.75) is 12.2 Å². The van der Waals surface area contributed by atoms with Gasteiger partial charge in [0.25, 0.3) is 5.91 Å². The van der Waals surface area contributed by atoms with Crippen molar-refractivity contribution in [1.82, 2.24) is 0 Å². The maximum absolute atomic E-state index is 13.0. The zero-order valence-electron chi connectivity index (χ0n) is 17.6. The summed E-state index contributed by atoms with van der Waals surface area (Å²) in [4.78, 5) is 50.3. The van der Waals surface area contributed by atoms with E-state index in [4.69, 9.17) is 44.3 Å². The van der Waals surface area contributed by atoms with Gasteiger partial charge in [0.15, 0.2) is 0 Å². The molecule has 35 heavy (non-hydrogen) atoms. The summed E-state index contributed by atoms with van der Waals surface area (Å²) in [6.45, 7) is 0. The maximum atomic E-state index is 13.0. The van der Waals surface area contributed by atoms with Crippen molar-refractivity contribution >= 4 is 64.3 Å². The van der Waals surface area contributed by atoms with Crippen molar-refractivity contribution in [2.24, 2.45) is 0 Å². The summed E-state index contributed by atoms with van der Waals surface area (Å²) in [7, 11) is 0. The number of esters is 2. The van der Waals surface area contributed by atoms with Gasteiger partial charge in [-0.2, -0.15) is 0 Å². The predicted octanol–water partition coefficient (Wildman–Crippen LogP) is 5.12. The van der Waals surface area contributed by atoms with Crippen LogP contribution in [-0.4, -0.2) is 41.1 Å². The Bertz CT molecular complexity index is 1230. The number of carboxylic acids is 1. The predicted molar refractivity (Wildman–Crippen MR) is 129 cm³/mol. The largest absolute Gasteiger partial charge is 0.478 e. The number of hydrogen-bond acceptors (Lipinski definition) is 6. The lowest BCUT2D eigenvalue weighted by atomic mass is 10.1. The zero-order valence-corrected chi connectivity index (χ0v) is 19.9. The van der Waals surface area contributed by atoms with Crippen LogP contribution >= 0.6 is 34.8 Å². The number of amides is 1. The highest BCUT2D eigenvalue weighted by molar-refractivity contribution is 6.31. The molecular weight excluding hydrogens is 521 g/mol. The van der Waals surface area contributed by atoms with Gasteiger partial charge in [-0.1, -0.05) is 34.8 Å². The second-order valence-electron chi connectivity index (χ2n) is 7.00. The van der Waals surface area contributed by atoms with Crippen LogP contribution in [0.3, 0.4) is 0 Å². The third-order valence-corrected chi connectivity index (χ3v) is 5.27. The summed E-state index contributed by atoms with van der Waals surface area (Å²) in [6.07, 6.45) is -4.23. The first kappa shape index (κ1) is 26.0. The molecule has 1 amide bonds. The molecule has 0 saturated heterocycles. The van der Waals surface area contributed by atoms with Gasteiger partial charge in [-0.3, -0.25) is 4.79 Å². The second kappa shape index (κ2) is 11.7. The summed E-state index contributed by atoms with van der Waals surface area (Å²) < 4.78 is 10.3. The number of nitrogens with one attached hydrogen (secondary N) is 1. The van der Waals surface area contributed by atoms with Crippen LogP contribution in [-0.2, 0) is 19.1 Å². The van der Waals surface area contributed by atoms with Crippen molar-refractivity contribution in [1.29, 1.82) is 0 Å². The molecule has 3 aromatic carbocycles. The molecule has 0 unspecified atom stereocenters. The average molecular weight is 537 g/mol. The molecule has 180 valence electrons. The molecule has 11 heteroatoms. The number of halogens is 3. The van der Waals surface area contributed by atoms with Crippen LogP contribution < -0.4 is 5.32 Å². The zero-order chi connectivity index (χ0) is 25.5. The summed E-state index contributed by atoms with van der Waals surface area (Å²) in [5, 5.41) is 13.3. The highest BCUT2D eigenvalue weighted by Crippen LogP contribution is 2.19. The molecular formula is C24H16Cl3NO7. The van der Waals surface area contributed by atoms with E-state index in [1.165, 1.54) is 72.8 Å². The Balaban J connectivity index is 1.90. The summed E-state index contributed by atoms with van der Waals surface area (Å²) in [5.41, 5.74) is 0.202. The van der Waals surface area contributed by atoms with Crippen LogP contribution in [0, 0.1) is 0 Å². The van der Waals surface area contributed by atoms with Gasteiger partial charge in [-0.15, -0.1) is 0 Å². The lowest BCUT2D eigenvalue weighted by Crippen LogP contribution is -2.48. The lowest BCUT2D eigenvalue weighted by Gasteiger charge is -2.23. The fourth-order valence-electron chi connectivity index (χ4n) is 2.78. The van der Waals surface area contributed by atoms with Gasteiger partial charge in [-0.05, 0) is 72.8 Å². The Hall–Kier alpha value is -3.59. The number of carboxylic acid groups (broad SMARTS) is 1. The molecule has 0 aliphatic heterocycles. The van der Waals surface area contributed by atoms with Crippen LogP contribution in [0.25, 0.3) is 0 Å². The fraction of sp³-hybridized carbons (Fsp3) is 0.0833. The van der Waals surface area contributed by atoms with Gasteiger partial charge < -0.3 is 19.9 Å². The van der Waals surface area contributed by atoms with E-state index in [1.807, 2.05) is 0 Å². The second-order valence-corrected chi connectivity index (χ2v) is 8.31. The highest BCUT2D eigenvalue weighted by atomic mass is 35.5. The summed E-state index contributed by atoms with van der Waals surface area (Å²) >= 11 is 17.5. The van der Waals surface area contributed by atoms with Gasteiger partial charge in [0.2, 0.25) is 12.2 Å². The molecule has 0 aromatic heterocycles. The van der Waals surface area contributed by atoms with Gasteiger partial charge in [0.1, 0.15) is 0 Å². The fourth-order valence-corrected chi connectivity index (χ4v) is 3.16. The molecule has 3 aromatic rings. The quantitative estimate of drug-likeness (QED) is 0.383. The Morgan fingerprint density at radius 3 is 1.40 bits per heavy atom. The minimum absolute atomic E-state index is 0.00754. The van der Waals surface area contributed by atoms with E-state index >= 15 is 0 Å². The van der Waals surface area contributed by atoms with Gasteiger partial charge >= 0.3 is 17.9 Å². The molecule has 8 nitrogen and oxygen atoms in total. The lowest BCUT2D eigenvalue weighted by molar-refractivity contribution is -0.157. The SMILES string of the molecule is O=C(O[C@@H](C(=O)O)[C@@H](OC(=O)c1ccc(Cl)cc1)C(=O)Nc1ccc(Cl)cc1)c1ccc(Cl)cc1. The molecule has 0 fully saturated rings. The number of benzene rings is 3. The molecule has 2 N–H and O–H groups in total. The molecule has 2 atom stereocenters. The first-order valence-corrected chi connectivity index (χ1v) is 11.0. The first-order chi connectivity index (χ1) is 16.6. The van der Waals surface area contributed by atoms with Gasteiger partial charge in [-0.25, -0.2) is 14.4 Å². The van der Waals surface area contributed by atoms with Crippen LogP contribution in [0.4, 0.5) is 5.69 Å². The number of carbonyl (C=O) groups excluding carboxylic acids is 3. The Labute approximate surface area is 214 Å². The van der Waals surface area contributed by atoms with E-state index in [0.29, 0.717) is 15.1 Å². The molecule has 0 bridgehead atoms. The molecule has 0 saturated carbocycles. The van der Waals surface area contributed by atoms with Crippen LogP contribution in [0.15, 0.2) is 72.8 Å². The Morgan fingerprint density at radius 1 is 0.629 bits per heavy atom. The number of aliphatic carboxylic acids is 1. The van der Waals surface area contributed by atoms with Crippen molar-refractivity contribution < 1.29 is 33.8 Å². The van der Waals surface area contributed by atoms with Crippen molar-refractivity contribution in [3.05, 3.63) is 99.0 Å². The maximum Gasteiger partial charge on any atom is 0.349 e. The van der Waals surface area contributed by atoms with E-state index in [9.17, 15) is 24.3 Å².